The maximum atomic E-state index is 14.3. The Morgan fingerprint density at radius 3 is 2.75 bits per heavy atom. The van der Waals surface area contributed by atoms with Crippen molar-refractivity contribution in [3.63, 3.8) is 0 Å². The Labute approximate surface area is 159 Å². The van der Waals surface area contributed by atoms with E-state index in [9.17, 15) is 14.0 Å². The number of fused-ring (bicyclic) bond motifs is 1. The molecule has 0 atom stereocenters. The first-order chi connectivity index (χ1) is 13.6. The first-order valence-corrected chi connectivity index (χ1v) is 8.83. The smallest absolute Gasteiger partial charge is 0.238 e. The highest BCUT2D eigenvalue weighted by Gasteiger charge is 2.18. The number of nitrogens with zero attached hydrogens (tertiary/aromatic N) is 4. The van der Waals surface area contributed by atoms with Gasteiger partial charge in [0.15, 0.2) is 5.65 Å². The van der Waals surface area contributed by atoms with Gasteiger partial charge in [-0.05, 0) is 24.6 Å². The van der Waals surface area contributed by atoms with Crippen LogP contribution < -0.4 is 10.0 Å². The van der Waals surface area contributed by atoms with Gasteiger partial charge in [-0.3, -0.25) is 5.21 Å². The minimum Gasteiger partial charge on any atom is -0.366 e. The van der Waals surface area contributed by atoms with Crippen molar-refractivity contribution in [3.05, 3.63) is 77.8 Å². The quantitative estimate of drug-likeness (QED) is 0.410. The van der Waals surface area contributed by atoms with Gasteiger partial charge >= 0.3 is 0 Å². The lowest BCUT2D eigenvalue weighted by Gasteiger charge is -2.11. The summed E-state index contributed by atoms with van der Waals surface area (Å²) in [6.45, 7) is 2.16. The van der Waals surface area contributed by atoms with Gasteiger partial charge in [0.25, 0.3) is 0 Å². The molecule has 0 aliphatic rings. The van der Waals surface area contributed by atoms with Crippen LogP contribution >= 0.6 is 0 Å². The van der Waals surface area contributed by atoms with Gasteiger partial charge in [-0.2, -0.15) is 8.91 Å². The molecule has 1 aromatic carbocycles. The molecule has 4 aromatic rings. The number of aromatic nitrogens is 4. The van der Waals surface area contributed by atoms with E-state index < -0.39 is 11.8 Å². The van der Waals surface area contributed by atoms with Crippen LogP contribution in [0.15, 0.2) is 54.9 Å². The van der Waals surface area contributed by atoms with Crippen LogP contribution in [0.4, 0.5) is 14.6 Å². The fourth-order valence-corrected chi connectivity index (χ4v) is 3.08. The molecule has 0 radical (unpaired) electrons. The van der Waals surface area contributed by atoms with Gasteiger partial charge in [-0.15, -0.1) is 5.10 Å². The Balaban J connectivity index is 1.82. The largest absolute Gasteiger partial charge is 0.366 e. The molecule has 3 aromatic heterocycles. The van der Waals surface area contributed by atoms with Crippen LogP contribution in [-0.2, 0) is 13.0 Å². The van der Waals surface area contributed by atoms with E-state index in [4.69, 9.17) is 0 Å². The molecule has 0 saturated heterocycles. The van der Waals surface area contributed by atoms with Gasteiger partial charge in [0.2, 0.25) is 18.3 Å². The monoisotopic (exact) mass is 382 g/mol. The summed E-state index contributed by atoms with van der Waals surface area (Å²) in [6, 6.07) is 11.5. The number of benzene rings is 1. The molecule has 4 rings (SSSR count). The van der Waals surface area contributed by atoms with Gasteiger partial charge in [-0.1, -0.05) is 19.1 Å². The topological polar surface area (TPSA) is 66.3 Å². The highest BCUT2D eigenvalue weighted by Crippen LogP contribution is 2.27. The van der Waals surface area contributed by atoms with E-state index in [0.717, 1.165) is 10.3 Å². The van der Waals surface area contributed by atoms with Crippen molar-refractivity contribution >= 4 is 11.5 Å². The Kier molecular flexibility index (Phi) is 4.60. The molecule has 0 bridgehead atoms. The third-order valence-electron chi connectivity index (χ3n) is 4.46. The van der Waals surface area contributed by atoms with E-state index in [1.807, 2.05) is 13.0 Å². The summed E-state index contributed by atoms with van der Waals surface area (Å²) in [4.78, 5) is 4.46. The molecule has 2 N–H and O–H groups in total. The number of halogens is 2. The SMILES string of the molecule is CCc1c(F)nn2c(NCc3ccc[n+](O)c3)cc(-c3ccccc3F)nc12. The Morgan fingerprint density at radius 2 is 2.00 bits per heavy atom. The highest BCUT2D eigenvalue weighted by atomic mass is 19.1. The van der Waals surface area contributed by atoms with E-state index in [2.05, 4.69) is 15.4 Å². The van der Waals surface area contributed by atoms with Crippen LogP contribution in [0.5, 0.6) is 0 Å². The zero-order chi connectivity index (χ0) is 19.7. The van der Waals surface area contributed by atoms with Crippen molar-refractivity contribution < 1.29 is 18.7 Å². The number of hydrogen-bond donors (Lipinski definition) is 2. The number of aryl methyl sites for hydroxylation is 1. The molecule has 0 fully saturated rings. The molecular formula is C20H18F2N5O+. The van der Waals surface area contributed by atoms with Crippen molar-refractivity contribution in [1.82, 2.24) is 14.6 Å². The first-order valence-electron chi connectivity index (χ1n) is 8.83. The van der Waals surface area contributed by atoms with Crippen LogP contribution in [0, 0.1) is 11.8 Å². The third kappa shape index (κ3) is 3.24. The Morgan fingerprint density at radius 1 is 1.18 bits per heavy atom. The zero-order valence-corrected chi connectivity index (χ0v) is 15.1. The van der Waals surface area contributed by atoms with Crippen LogP contribution in [0.25, 0.3) is 16.9 Å². The van der Waals surface area contributed by atoms with E-state index in [0.29, 0.717) is 41.3 Å². The minimum absolute atomic E-state index is 0.324. The Hall–Kier alpha value is -3.55. The summed E-state index contributed by atoms with van der Waals surface area (Å²) in [5.74, 6) is -0.542. The average molecular weight is 382 g/mol. The molecule has 0 spiro atoms. The predicted octanol–water partition coefficient (Wildman–Crippen LogP) is 3.37. The maximum Gasteiger partial charge on any atom is 0.238 e. The number of nitrogens with one attached hydrogen (secondary N) is 1. The molecule has 142 valence electrons. The highest BCUT2D eigenvalue weighted by molar-refractivity contribution is 5.68. The zero-order valence-electron chi connectivity index (χ0n) is 15.1. The summed E-state index contributed by atoms with van der Waals surface area (Å²) in [7, 11) is 0. The fourth-order valence-electron chi connectivity index (χ4n) is 3.08. The van der Waals surface area contributed by atoms with Crippen LogP contribution in [0.2, 0.25) is 0 Å². The molecule has 0 aliphatic heterocycles. The fraction of sp³-hybridized carbons (Fsp3) is 0.150. The summed E-state index contributed by atoms with van der Waals surface area (Å²) < 4.78 is 30.9. The van der Waals surface area contributed by atoms with Crippen LogP contribution in [0.3, 0.4) is 0 Å². The molecular weight excluding hydrogens is 364 g/mol. The minimum atomic E-state index is -0.600. The van der Waals surface area contributed by atoms with E-state index in [1.165, 1.54) is 16.8 Å². The summed E-state index contributed by atoms with van der Waals surface area (Å²) >= 11 is 0. The molecule has 0 aliphatic carbocycles. The van der Waals surface area contributed by atoms with Gasteiger partial charge in [-0.25, -0.2) is 9.37 Å². The van der Waals surface area contributed by atoms with Crippen LogP contribution in [-0.4, -0.2) is 19.8 Å². The lowest BCUT2D eigenvalue weighted by atomic mass is 10.1. The number of anilines is 1. The maximum absolute atomic E-state index is 14.3. The second-order valence-corrected chi connectivity index (χ2v) is 6.31. The number of hydrogen-bond acceptors (Lipinski definition) is 4. The molecule has 0 saturated carbocycles. The number of pyridine rings is 1. The summed E-state index contributed by atoms with van der Waals surface area (Å²) in [5.41, 5.74) is 2.21. The molecule has 28 heavy (non-hydrogen) atoms. The van der Waals surface area contributed by atoms with Gasteiger partial charge < -0.3 is 5.32 Å². The van der Waals surface area contributed by atoms with Crippen LogP contribution in [0.1, 0.15) is 18.1 Å². The van der Waals surface area contributed by atoms with Crippen molar-refractivity contribution in [2.45, 2.75) is 19.9 Å². The van der Waals surface area contributed by atoms with Crippen molar-refractivity contribution in [1.29, 1.82) is 0 Å². The third-order valence-corrected chi connectivity index (χ3v) is 4.46. The van der Waals surface area contributed by atoms with Gasteiger partial charge in [0, 0.05) is 34.5 Å². The lowest BCUT2D eigenvalue weighted by molar-refractivity contribution is -0.905. The van der Waals surface area contributed by atoms with Gasteiger partial charge in [0.1, 0.15) is 11.6 Å². The van der Waals surface area contributed by atoms with E-state index in [1.54, 1.807) is 36.5 Å². The van der Waals surface area contributed by atoms with Crippen molar-refractivity contribution in [2.24, 2.45) is 0 Å². The first kappa shape index (κ1) is 17.8. The summed E-state index contributed by atoms with van der Waals surface area (Å²) in [6.07, 6.45) is 3.46. The molecule has 0 unspecified atom stereocenters. The Bertz CT molecular complexity index is 1160. The van der Waals surface area contributed by atoms with Crippen molar-refractivity contribution in [2.75, 3.05) is 5.32 Å². The second-order valence-electron chi connectivity index (χ2n) is 6.31. The molecule has 3 heterocycles. The standard InChI is InChI=1S/C20H18F2N5O/c1-2-14-19(22)25-27-18(23-11-13-6-5-9-26(28)12-13)10-17(24-20(14)27)15-7-3-4-8-16(15)21/h3-10,12,23,28H,2,11H2,1H3/q+1. The van der Waals surface area contributed by atoms with E-state index in [-0.39, 0.29) is 0 Å². The predicted molar refractivity (Wildman–Crippen MR) is 98.9 cm³/mol. The van der Waals surface area contributed by atoms with Crippen molar-refractivity contribution in [3.8, 4) is 11.3 Å². The average Bonchev–Trinajstić information content (AvgIpc) is 3.01. The summed E-state index contributed by atoms with van der Waals surface area (Å²) in [5, 5.41) is 16.7. The molecule has 8 heteroatoms. The molecule has 0 amide bonds. The van der Waals surface area contributed by atoms with Gasteiger partial charge in [0.05, 0.1) is 11.3 Å². The van der Waals surface area contributed by atoms with E-state index >= 15 is 0 Å². The number of rotatable bonds is 5. The second kappa shape index (κ2) is 7.22. The molecule has 6 nitrogen and oxygen atoms in total. The normalized spacial score (nSPS) is 11.1. The lowest BCUT2D eigenvalue weighted by Crippen LogP contribution is -2.29.